The van der Waals surface area contributed by atoms with Gasteiger partial charge in [0.1, 0.15) is 5.75 Å². The van der Waals surface area contributed by atoms with Crippen molar-refractivity contribution in [1.29, 1.82) is 0 Å². The second-order valence-corrected chi connectivity index (χ2v) is 5.50. The maximum Gasteiger partial charge on any atom is 0.182 e. The molecular weight excluding hydrogens is 315 g/mol. The zero-order valence-corrected chi connectivity index (χ0v) is 12.8. The van der Waals surface area contributed by atoms with E-state index in [-0.39, 0.29) is 0 Å². The van der Waals surface area contributed by atoms with Crippen molar-refractivity contribution in [3.05, 3.63) is 51.2 Å². The molecular formula is C14H10Cl2N2OS. The number of methoxy groups -OCH3 is 1. The first kappa shape index (κ1) is 13.5. The largest absolute Gasteiger partial charge is 0.495 e. The van der Waals surface area contributed by atoms with E-state index < -0.39 is 0 Å². The summed E-state index contributed by atoms with van der Waals surface area (Å²) in [5.74, 6) is 0.686. The van der Waals surface area contributed by atoms with Crippen molar-refractivity contribution in [2.45, 2.75) is 0 Å². The number of aromatic amines is 1. The van der Waals surface area contributed by atoms with E-state index in [0.717, 1.165) is 16.7 Å². The standard InChI is InChI=1S/C14H10Cl2N2OS/c1-19-13-5-3-9(16)7-12(13)18-11-6-8(15)2-4-10(11)17-14(18)20/h2-7H,1H3,(H,17,20). The Bertz CT molecular complexity index is 854. The van der Waals surface area contributed by atoms with Crippen LogP contribution in [0, 0.1) is 4.77 Å². The number of nitrogens with zero attached hydrogens (tertiary/aromatic N) is 1. The highest BCUT2D eigenvalue weighted by molar-refractivity contribution is 7.71. The molecule has 0 aliphatic rings. The van der Waals surface area contributed by atoms with Crippen LogP contribution in [0.3, 0.4) is 0 Å². The molecule has 20 heavy (non-hydrogen) atoms. The number of halogens is 2. The third-order valence-corrected chi connectivity index (χ3v) is 3.78. The van der Waals surface area contributed by atoms with Crippen LogP contribution in [0.25, 0.3) is 16.7 Å². The van der Waals surface area contributed by atoms with Gasteiger partial charge in [-0.05, 0) is 48.6 Å². The second kappa shape index (κ2) is 5.13. The summed E-state index contributed by atoms with van der Waals surface area (Å²) in [5, 5.41) is 1.25. The molecule has 0 bridgehead atoms. The Hall–Kier alpha value is -1.49. The van der Waals surface area contributed by atoms with Crippen LogP contribution >= 0.6 is 35.4 Å². The average molecular weight is 325 g/mol. The molecule has 102 valence electrons. The first-order chi connectivity index (χ1) is 9.60. The van der Waals surface area contributed by atoms with Crippen molar-refractivity contribution < 1.29 is 4.74 Å². The molecule has 3 nitrogen and oxygen atoms in total. The summed E-state index contributed by atoms with van der Waals surface area (Å²) >= 11 is 17.6. The summed E-state index contributed by atoms with van der Waals surface area (Å²) in [6.07, 6.45) is 0. The normalized spacial score (nSPS) is 10.9. The van der Waals surface area contributed by atoms with Gasteiger partial charge in [0.05, 0.1) is 23.8 Å². The Morgan fingerprint density at radius 2 is 1.80 bits per heavy atom. The molecule has 0 saturated heterocycles. The third-order valence-electron chi connectivity index (χ3n) is 3.03. The highest BCUT2D eigenvalue weighted by Crippen LogP contribution is 2.30. The quantitative estimate of drug-likeness (QED) is 0.672. The third kappa shape index (κ3) is 2.20. The lowest BCUT2D eigenvalue weighted by Gasteiger charge is -2.11. The predicted molar refractivity (Wildman–Crippen MR) is 85.0 cm³/mol. The summed E-state index contributed by atoms with van der Waals surface area (Å²) in [6, 6.07) is 10.9. The summed E-state index contributed by atoms with van der Waals surface area (Å²) in [7, 11) is 1.61. The lowest BCUT2D eigenvalue weighted by molar-refractivity contribution is 0.413. The molecule has 1 N–H and O–H groups in total. The molecule has 0 saturated carbocycles. The first-order valence-corrected chi connectivity index (χ1v) is 7.01. The molecule has 2 aromatic carbocycles. The fourth-order valence-corrected chi connectivity index (χ4v) is 2.79. The summed E-state index contributed by atoms with van der Waals surface area (Å²) in [5.41, 5.74) is 2.56. The Kier molecular flexibility index (Phi) is 3.46. The van der Waals surface area contributed by atoms with Gasteiger partial charge in [0.25, 0.3) is 0 Å². The highest BCUT2D eigenvalue weighted by atomic mass is 35.5. The van der Waals surface area contributed by atoms with E-state index in [9.17, 15) is 0 Å². The van der Waals surface area contributed by atoms with E-state index in [1.807, 2.05) is 34.9 Å². The molecule has 1 aromatic heterocycles. The number of ether oxygens (including phenoxy) is 1. The van der Waals surface area contributed by atoms with E-state index in [1.165, 1.54) is 0 Å². The maximum atomic E-state index is 6.09. The Morgan fingerprint density at radius 1 is 1.10 bits per heavy atom. The fourth-order valence-electron chi connectivity index (χ4n) is 2.15. The van der Waals surface area contributed by atoms with Crippen LogP contribution in [0.5, 0.6) is 5.75 Å². The van der Waals surface area contributed by atoms with Gasteiger partial charge in [-0.3, -0.25) is 4.57 Å². The Labute approximate surface area is 130 Å². The summed E-state index contributed by atoms with van der Waals surface area (Å²) in [6.45, 7) is 0. The number of fused-ring (bicyclic) bond motifs is 1. The van der Waals surface area contributed by atoms with Gasteiger partial charge >= 0.3 is 0 Å². The highest BCUT2D eigenvalue weighted by Gasteiger charge is 2.12. The molecule has 0 atom stereocenters. The van der Waals surface area contributed by atoms with Crippen molar-refractivity contribution in [2.24, 2.45) is 0 Å². The van der Waals surface area contributed by atoms with Crippen LogP contribution in [0.4, 0.5) is 0 Å². The number of H-pyrrole nitrogens is 1. The average Bonchev–Trinajstić information content (AvgIpc) is 2.74. The topological polar surface area (TPSA) is 29.9 Å². The summed E-state index contributed by atoms with van der Waals surface area (Å²) < 4.78 is 7.81. The SMILES string of the molecule is COc1ccc(Cl)cc1-n1c(=S)[nH]c2ccc(Cl)cc21. The van der Waals surface area contributed by atoms with Crippen molar-refractivity contribution in [3.63, 3.8) is 0 Å². The molecule has 6 heteroatoms. The van der Waals surface area contributed by atoms with Gasteiger partial charge in [-0.1, -0.05) is 23.2 Å². The summed E-state index contributed by atoms with van der Waals surface area (Å²) in [4.78, 5) is 3.14. The number of hydrogen-bond donors (Lipinski definition) is 1. The van der Waals surface area contributed by atoms with Crippen LogP contribution in [-0.4, -0.2) is 16.7 Å². The van der Waals surface area contributed by atoms with E-state index in [1.54, 1.807) is 13.2 Å². The smallest absolute Gasteiger partial charge is 0.182 e. The minimum absolute atomic E-state index is 0.558. The van der Waals surface area contributed by atoms with Crippen LogP contribution in [0.1, 0.15) is 0 Å². The molecule has 0 fully saturated rings. The Morgan fingerprint density at radius 3 is 2.55 bits per heavy atom. The Balaban J connectivity index is 2.40. The number of benzene rings is 2. The van der Waals surface area contributed by atoms with Gasteiger partial charge in [0, 0.05) is 10.0 Å². The molecule has 0 amide bonds. The van der Waals surface area contributed by atoms with Crippen molar-refractivity contribution in [2.75, 3.05) is 7.11 Å². The van der Waals surface area contributed by atoms with E-state index in [0.29, 0.717) is 20.6 Å². The number of imidazole rings is 1. The minimum Gasteiger partial charge on any atom is -0.495 e. The molecule has 1 heterocycles. The molecule has 0 spiro atoms. The molecule has 0 unspecified atom stereocenters. The zero-order chi connectivity index (χ0) is 14.3. The molecule has 3 rings (SSSR count). The van der Waals surface area contributed by atoms with Crippen molar-refractivity contribution >= 4 is 46.5 Å². The minimum atomic E-state index is 0.558. The van der Waals surface area contributed by atoms with Crippen molar-refractivity contribution in [3.8, 4) is 11.4 Å². The van der Waals surface area contributed by atoms with Crippen LogP contribution in [-0.2, 0) is 0 Å². The monoisotopic (exact) mass is 324 g/mol. The first-order valence-electron chi connectivity index (χ1n) is 5.84. The van der Waals surface area contributed by atoms with Gasteiger partial charge in [-0.15, -0.1) is 0 Å². The van der Waals surface area contributed by atoms with Gasteiger partial charge in [-0.25, -0.2) is 0 Å². The van der Waals surface area contributed by atoms with Gasteiger partial charge in [0.2, 0.25) is 0 Å². The lowest BCUT2D eigenvalue weighted by Crippen LogP contribution is -1.98. The van der Waals surface area contributed by atoms with E-state index in [2.05, 4.69) is 4.98 Å². The van der Waals surface area contributed by atoms with Crippen LogP contribution in [0.2, 0.25) is 10.0 Å². The second-order valence-electron chi connectivity index (χ2n) is 4.24. The molecule has 0 radical (unpaired) electrons. The fraction of sp³-hybridized carbons (Fsp3) is 0.0714. The molecule has 0 aliphatic carbocycles. The number of aromatic nitrogens is 2. The van der Waals surface area contributed by atoms with Gasteiger partial charge in [0.15, 0.2) is 4.77 Å². The van der Waals surface area contributed by atoms with E-state index in [4.69, 9.17) is 40.2 Å². The molecule has 3 aromatic rings. The van der Waals surface area contributed by atoms with Crippen LogP contribution < -0.4 is 4.74 Å². The van der Waals surface area contributed by atoms with Gasteiger partial charge in [-0.2, -0.15) is 0 Å². The zero-order valence-electron chi connectivity index (χ0n) is 10.5. The van der Waals surface area contributed by atoms with Gasteiger partial charge < -0.3 is 9.72 Å². The molecule has 0 aliphatic heterocycles. The van der Waals surface area contributed by atoms with Crippen molar-refractivity contribution in [1.82, 2.24) is 9.55 Å². The number of nitrogens with one attached hydrogen (secondary N) is 1. The van der Waals surface area contributed by atoms with Crippen LogP contribution in [0.15, 0.2) is 36.4 Å². The maximum absolute atomic E-state index is 6.09. The predicted octanol–water partition coefficient (Wildman–Crippen LogP) is 5.00. The number of rotatable bonds is 2. The lowest BCUT2D eigenvalue weighted by atomic mass is 10.2. The number of hydrogen-bond acceptors (Lipinski definition) is 2. The van der Waals surface area contributed by atoms with E-state index >= 15 is 0 Å².